The molecule has 1 aromatic heterocycles. The molecule has 0 aliphatic heterocycles. The topological polar surface area (TPSA) is 104 Å². The summed E-state index contributed by atoms with van der Waals surface area (Å²) in [6.07, 6.45) is 1.46. The van der Waals surface area contributed by atoms with Crippen molar-refractivity contribution in [2.24, 2.45) is 0 Å². The maximum Gasteiger partial charge on any atom is 0.342 e. The van der Waals surface area contributed by atoms with Gasteiger partial charge in [-0.05, 0) is 35.5 Å². The number of benzene rings is 1. The highest BCUT2D eigenvalue weighted by molar-refractivity contribution is 8.03. The first kappa shape index (κ1) is 17.7. The first-order chi connectivity index (χ1) is 11.5. The van der Waals surface area contributed by atoms with Gasteiger partial charge in [-0.2, -0.15) is 0 Å². The van der Waals surface area contributed by atoms with E-state index in [1.807, 2.05) is 0 Å². The highest BCUT2D eigenvalue weighted by atomic mass is 32.2. The van der Waals surface area contributed by atoms with E-state index in [9.17, 15) is 9.90 Å². The van der Waals surface area contributed by atoms with Crippen LogP contribution in [0.5, 0.6) is 17.2 Å². The molecule has 0 unspecified atom stereocenters. The molecule has 0 atom stereocenters. The Balaban J connectivity index is 2.43. The molecule has 128 valence electrons. The molecule has 0 aliphatic carbocycles. The Hall–Kier alpha value is -2.68. The largest absolute Gasteiger partial charge is 0.493 e. The average molecular weight is 352 g/mol. The maximum atomic E-state index is 11.5. The van der Waals surface area contributed by atoms with Gasteiger partial charge in [-0.15, -0.1) is 10.2 Å². The predicted molar refractivity (Wildman–Crippen MR) is 86.6 cm³/mol. The van der Waals surface area contributed by atoms with Crippen LogP contribution in [0.2, 0.25) is 0 Å². The number of hydrogen-bond donors (Lipinski definition) is 1. The number of aliphatic carboxylic acids is 1. The molecule has 1 aromatic carbocycles. The summed E-state index contributed by atoms with van der Waals surface area (Å²) in [7, 11) is 4.46. The van der Waals surface area contributed by atoms with Crippen molar-refractivity contribution in [3.63, 3.8) is 0 Å². The maximum absolute atomic E-state index is 11.5. The molecule has 0 saturated carbocycles. The van der Waals surface area contributed by atoms with E-state index in [4.69, 9.17) is 18.6 Å². The van der Waals surface area contributed by atoms with Gasteiger partial charge >= 0.3 is 5.97 Å². The average Bonchev–Trinajstić information content (AvgIpc) is 2.98. The molecule has 2 rings (SSSR count). The molecule has 0 aliphatic rings. The van der Waals surface area contributed by atoms with Crippen LogP contribution >= 0.6 is 11.8 Å². The van der Waals surface area contributed by atoms with Crippen LogP contribution < -0.4 is 14.2 Å². The number of hydrogen-bond acceptors (Lipinski definition) is 8. The summed E-state index contributed by atoms with van der Waals surface area (Å²) in [5.41, 5.74) is 0.561. The third-order valence-electron chi connectivity index (χ3n) is 2.90. The van der Waals surface area contributed by atoms with Gasteiger partial charge in [0, 0.05) is 6.92 Å². The van der Waals surface area contributed by atoms with E-state index in [2.05, 4.69) is 10.2 Å². The Labute approximate surface area is 142 Å². The standard InChI is InChI=1S/C15H16N2O6S/c1-8-16-17-15(23-8)24-12(14(18)19)7-9-5-10(20-2)13(22-4)11(6-9)21-3/h5-7H,1-4H3,(H,18,19)/b12-7-. The number of aromatic nitrogens is 2. The van der Waals surface area contributed by atoms with Gasteiger partial charge in [-0.25, -0.2) is 4.79 Å². The van der Waals surface area contributed by atoms with E-state index in [1.165, 1.54) is 27.4 Å². The highest BCUT2D eigenvalue weighted by Gasteiger charge is 2.17. The molecule has 1 N–H and O–H groups in total. The minimum atomic E-state index is -1.12. The Kier molecular flexibility index (Phi) is 5.69. The summed E-state index contributed by atoms with van der Waals surface area (Å²) in [5, 5.41) is 17.0. The molecular weight excluding hydrogens is 336 g/mol. The fraction of sp³-hybridized carbons (Fsp3) is 0.267. The van der Waals surface area contributed by atoms with Crippen molar-refractivity contribution in [1.82, 2.24) is 10.2 Å². The Morgan fingerprint density at radius 3 is 2.21 bits per heavy atom. The molecule has 0 fully saturated rings. The second-order valence-electron chi connectivity index (χ2n) is 4.46. The van der Waals surface area contributed by atoms with Crippen molar-refractivity contribution < 1.29 is 28.5 Å². The summed E-state index contributed by atoms with van der Waals surface area (Å²) >= 11 is 0.858. The number of carboxylic acids is 1. The SMILES string of the molecule is COc1cc(/C=C(\Sc2nnc(C)o2)C(=O)O)cc(OC)c1OC. The van der Waals surface area contributed by atoms with Gasteiger partial charge in [-0.3, -0.25) is 0 Å². The van der Waals surface area contributed by atoms with Crippen molar-refractivity contribution >= 4 is 23.8 Å². The zero-order valence-electron chi connectivity index (χ0n) is 13.5. The summed E-state index contributed by atoms with van der Waals surface area (Å²) in [6.45, 7) is 1.63. The zero-order chi connectivity index (χ0) is 17.7. The van der Waals surface area contributed by atoms with Gasteiger partial charge in [-0.1, -0.05) is 0 Å². The smallest absolute Gasteiger partial charge is 0.342 e. The molecule has 1 heterocycles. The lowest BCUT2D eigenvalue weighted by molar-refractivity contribution is -0.131. The number of methoxy groups -OCH3 is 3. The lowest BCUT2D eigenvalue weighted by Gasteiger charge is -2.13. The molecule has 0 spiro atoms. The van der Waals surface area contributed by atoms with Crippen LogP contribution in [-0.2, 0) is 4.79 Å². The van der Waals surface area contributed by atoms with Crippen LogP contribution in [-0.4, -0.2) is 42.6 Å². The van der Waals surface area contributed by atoms with E-state index in [-0.39, 0.29) is 10.1 Å². The van der Waals surface area contributed by atoms with Gasteiger partial charge in [0.2, 0.25) is 11.6 Å². The summed E-state index contributed by atoms with van der Waals surface area (Å²) < 4.78 is 20.9. The van der Waals surface area contributed by atoms with Gasteiger partial charge < -0.3 is 23.7 Å². The number of carboxylic acid groups (broad SMARTS) is 1. The summed E-state index contributed by atoms with van der Waals surface area (Å²) in [4.78, 5) is 11.5. The van der Waals surface area contributed by atoms with Crippen molar-refractivity contribution in [1.29, 1.82) is 0 Å². The molecule has 0 saturated heterocycles. The van der Waals surface area contributed by atoms with E-state index in [0.717, 1.165) is 11.8 Å². The van der Waals surface area contributed by atoms with Crippen molar-refractivity contribution in [2.45, 2.75) is 12.1 Å². The van der Waals surface area contributed by atoms with Crippen molar-refractivity contribution in [3.05, 3.63) is 28.5 Å². The molecular formula is C15H16N2O6S. The second kappa shape index (κ2) is 7.73. The van der Waals surface area contributed by atoms with Gasteiger partial charge in [0.05, 0.1) is 21.3 Å². The highest BCUT2D eigenvalue weighted by Crippen LogP contribution is 2.39. The molecule has 8 nitrogen and oxygen atoms in total. The van der Waals surface area contributed by atoms with Gasteiger partial charge in [0.25, 0.3) is 5.22 Å². The fourth-order valence-electron chi connectivity index (χ4n) is 1.88. The van der Waals surface area contributed by atoms with E-state index in [0.29, 0.717) is 28.7 Å². The minimum Gasteiger partial charge on any atom is -0.493 e. The monoisotopic (exact) mass is 352 g/mol. The normalized spacial score (nSPS) is 11.2. The minimum absolute atomic E-state index is 0.00734. The van der Waals surface area contributed by atoms with E-state index < -0.39 is 5.97 Å². The molecule has 24 heavy (non-hydrogen) atoms. The molecule has 9 heteroatoms. The summed E-state index contributed by atoms with van der Waals surface area (Å²) in [6, 6.07) is 3.29. The Morgan fingerprint density at radius 2 is 1.79 bits per heavy atom. The van der Waals surface area contributed by atoms with Crippen LogP contribution in [0.25, 0.3) is 6.08 Å². The predicted octanol–water partition coefficient (Wildman–Crippen LogP) is 2.62. The van der Waals surface area contributed by atoms with Gasteiger partial charge in [0.1, 0.15) is 4.91 Å². The number of ether oxygens (including phenoxy) is 3. The molecule has 0 amide bonds. The van der Waals surface area contributed by atoms with E-state index in [1.54, 1.807) is 19.1 Å². The molecule has 0 radical (unpaired) electrons. The van der Waals surface area contributed by atoms with E-state index >= 15 is 0 Å². The Bertz CT molecular complexity index is 746. The third kappa shape index (κ3) is 3.99. The van der Waals surface area contributed by atoms with Crippen LogP contribution in [0.1, 0.15) is 11.5 Å². The van der Waals surface area contributed by atoms with Crippen molar-refractivity contribution in [3.8, 4) is 17.2 Å². The molecule has 0 bridgehead atoms. The first-order valence-corrected chi connectivity index (χ1v) is 7.53. The quantitative estimate of drug-likeness (QED) is 0.594. The molecule has 2 aromatic rings. The number of rotatable bonds is 7. The first-order valence-electron chi connectivity index (χ1n) is 6.71. The van der Waals surface area contributed by atoms with Crippen LogP contribution in [0.15, 0.2) is 26.7 Å². The van der Waals surface area contributed by atoms with Crippen LogP contribution in [0.4, 0.5) is 0 Å². The second-order valence-corrected chi connectivity index (χ2v) is 5.45. The third-order valence-corrected chi connectivity index (χ3v) is 3.75. The lowest BCUT2D eigenvalue weighted by atomic mass is 10.1. The zero-order valence-corrected chi connectivity index (χ0v) is 14.3. The lowest BCUT2D eigenvalue weighted by Crippen LogP contribution is -1.98. The Morgan fingerprint density at radius 1 is 1.17 bits per heavy atom. The van der Waals surface area contributed by atoms with Crippen molar-refractivity contribution in [2.75, 3.05) is 21.3 Å². The number of carbonyl (C=O) groups is 1. The van der Waals surface area contributed by atoms with Gasteiger partial charge in [0.15, 0.2) is 11.5 Å². The van der Waals surface area contributed by atoms with Crippen LogP contribution in [0.3, 0.4) is 0 Å². The summed E-state index contributed by atoms with van der Waals surface area (Å²) in [5.74, 6) is 0.506. The number of thioether (sulfide) groups is 1. The number of nitrogens with zero attached hydrogens (tertiary/aromatic N) is 2. The number of aryl methyl sites for hydroxylation is 1. The fourth-order valence-corrected chi connectivity index (χ4v) is 2.60. The van der Waals surface area contributed by atoms with Crippen LogP contribution in [0, 0.1) is 6.92 Å².